The van der Waals surface area contributed by atoms with Gasteiger partial charge in [0.25, 0.3) is 0 Å². The minimum Gasteiger partial charge on any atom is -0.377 e. The summed E-state index contributed by atoms with van der Waals surface area (Å²) in [4.78, 5) is 16.0. The molecule has 0 unspecified atom stereocenters. The van der Waals surface area contributed by atoms with E-state index in [-0.39, 0.29) is 0 Å². The van der Waals surface area contributed by atoms with E-state index in [0.717, 1.165) is 61.7 Å². The molecule has 1 saturated heterocycles. The molecule has 0 N–H and O–H groups in total. The maximum Gasteiger partial charge on any atom is 0.159 e. The van der Waals surface area contributed by atoms with E-state index in [9.17, 15) is 0 Å². The molecule has 0 spiro atoms. The second-order valence-corrected chi connectivity index (χ2v) is 7.41. The third-order valence-electron chi connectivity index (χ3n) is 5.02. The van der Waals surface area contributed by atoms with Crippen LogP contribution in [0.1, 0.15) is 29.7 Å². The first-order chi connectivity index (χ1) is 13.8. The number of pyridine rings is 1. The van der Waals surface area contributed by atoms with E-state index in [2.05, 4.69) is 57.1 Å². The van der Waals surface area contributed by atoms with Crippen LogP contribution in [-0.4, -0.2) is 39.1 Å². The average molecular weight is 374 g/mol. The van der Waals surface area contributed by atoms with E-state index >= 15 is 0 Å². The van der Waals surface area contributed by atoms with Crippen LogP contribution in [-0.2, 0) is 17.8 Å². The van der Waals surface area contributed by atoms with Crippen molar-refractivity contribution in [1.82, 2.24) is 19.9 Å². The average Bonchev–Trinajstić information content (AvgIpc) is 3.23. The number of hydrogen-bond acceptors (Lipinski definition) is 5. The summed E-state index contributed by atoms with van der Waals surface area (Å²) in [6, 6.07) is 14.4. The van der Waals surface area contributed by atoms with Gasteiger partial charge in [-0.3, -0.25) is 9.88 Å². The first-order valence-electron chi connectivity index (χ1n) is 9.88. The Labute approximate surface area is 166 Å². The molecule has 5 heteroatoms. The van der Waals surface area contributed by atoms with Gasteiger partial charge in [0, 0.05) is 56.0 Å². The molecule has 2 aromatic heterocycles. The van der Waals surface area contributed by atoms with Crippen LogP contribution >= 0.6 is 0 Å². The molecule has 1 aliphatic heterocycles. The van der Waals surface area contributed by atoms with Gasteiger partial charge in [-0.25, -0.2) is 9.97 Å². The lowest BCUT2D eigenvalue weighted by Crippen LogP contribution is -2.31. The Morgan fingerprint density at radius 1 is 1.00 bits per heavy atom. The second kappa shape index (κ2) is 9.04. The van der Waals surface area contributed by atoms with Gasteiger partial charge in [-0.15, -0.1) is 0 Å². The van der Waals surface area contributed by atoms with E-state index in [0.29, 0.717) is 6.10 Å². The highest BCUT2D eigenvalue weighted by Crippen LogP contribution is 2.18. The second-order valence-electron chi connectivity index (χ2n) is 7.41. The normalized spacial score (nSPS) is 16.6. The summed E-state index contributed by atoms with van der Waals surface area (Å²) in [5, 5.41) is 0. The van der Waals surface area contributed by atoms with Gasteiger partial charge >= 0.3 is 0 Å². The van der Waals surface area contributed by atoms with Gasteiger partial charge in [0.1, 0.15) is 0 Å². The van der Waals surface area contributed by atoms with Crippen LogP contribution in [0.3, 0.4) is 0 Å². The summed E-state index contributed by atoms with van der Waals surface area (Å²) in [5.41, 5.74) is 4.45. The number of nitrogens with zero attached hydrogens (tertiary/aromatic N) is 4. The summed E-state index contributed by atoms with van der Waals surface area (Å²) in [7, 11) is 0. The molecular weight excluding hydrogens is 348 g/mol. The number of ether oxygens (including phenoxy) is 1. The smallest absolute Gasteiger partial charge is 0.159 e. The van der Waals surface area contributed by atoms with Crippen LogP contribution in [0.5, 0.6) is 0 Å². The zero-order valence-corrected chi connectivity index (χ0v) is 16.3. The molecule has 1 aliphatic rings. The van der Waals surface area contributed by atoms with Gasteiger partial charge in [-0.05, 0) is 31.9 Å². The molecule has 1 atom stereocenters. The molecule has 3 aromatic rings. The first-order valence-corrected chi connectivity index (χ1v) is 9.88. The molecule has 0 saturated carbocycles. The van der Waals surface area contributed by atoms with Crippen LogP contribution in [0, 0.1) is 6.92 Å². The lowest BCUT2D eigenvalue weighted by atomic mass is 10.1. The lowest BCUT2D eigenvalue weighted by molar-refractivity contribution is 0.0674. The van der Waals surface area contributed by atoms with E-state index in [4.69, 9.17) is 4.74 Å². The van der Waals surface area contributed by atoms with Crippen molar-refractivity contribution in [1.29, 1.82) is 0 Å². The molecule has 5 nitrogen and oxygen atoms in total. The Kier molecular flexibility index (Phi) is 6.04. The molecule has 0 bridgehead atoms. The molecule has 3 heterocycles. The Morgan fingerprint density at radius 2 is 1.82 bits per heavy atom. The summed E-state index contributed by atoms with van der Waals surface area (Å²) in [5.74, 6) is 0.763. The largest absolute Gasteiger partial charge is 0.377 e. The predicted octanol–water partition coefficient (Wildman–Crippen LogP) is 4.03. The Morgan fingerprint density at radius 3 is 2.50 bits per heavy atom. The first kappa shape index (κ1) is 18.7. The number of aryl methyl sites for hydroxylation is 1. The minimum absolute atomic E-state index is 0.302. The molecule has 4 rings (SSSR count). The minimum atomic E-state index is 0.302. The van der Waals surface area contributed by atoms with Crippen molar-refractivity contribution in [3.8, 4) is 11.4 Å². The third-order valence-corrected chi connectivity index (χ3v) is 5.02. The number of hydrogen-bond donors (Lipinski definition) is 0. The molecule has 0 aliphatic carbocycles. The van der Waals surface area contributed by atoms with Gasteiger partial charge in [-0.2, -0.15) is 0 Å². The Hall–Kier alpha value is -2.63. The molecular formula is C23H26N4O. The van der Waals surface area contributed by atoms with Crippen molar-refractivity contribution in [2.45, 2.75) is 39.0 Å². The molecule has 144 valence electrons. The van der Waals surface area contributed by atoms with Gasteiger partial charge in [0.05, 0.1) is 11.8 Å². The molecule has 0 amide bonds. The summed E-state index contributed by atoms with van der Waals surface area (Å²) in [6.07, 6.45) is 8.29. The Bertz CT molecular complexity index is 859. The number of benzene rings is 1. The fourth-order valence-corrected chi connectivity index (χ4v) is 3.53. The highest BCUT2D eigenvalue weighted by molar-refractivity contribution is 5.54. The molecule has 1 aromatic carbocycles. The van der Waals surface area contributed by atoms with Crippen molar-refractivity contribution < 1.29 is 4.74 Å². The van der Waals surface area contributed by atoms with Crippen LogP contribution in [0.4, 0.5) is 0 Å². The van der Waals surface area contributed by atoms with E-state index in [1.807, 2.05) is 30.7 Å². The topological polar surface area (TPSA) is 51.1 Å². The molecule has 28 heavy (non-hydrogen) atoms. The summed E-state index contributed by atoms with van der Waals surface area (Å²) < 4.78 is 5.85. The van der Waals surface area contributed by atoms with Crippen LogP contribution in [0.25, 0.3) is 11.4 Å². The van der Waals surface area contributed by atoms with E-state index in [1.165, 1.54) is 5.56 Å². The highest BCUT2D eigenvalue weighted by Gasteiger charge is 2.20. The maximum absolute atomic E-state index is 5.85. The Balaban J connectivity index is 1.46. The van der Waals surface area contributed by atoms with Crippen LogP contribution in [0.15, 0.2) is 61.1 Å². The number of aromatic nitrogens is 3. The third kappa shape index (κ3) is 5.00. The monoisotopic (exact) mass is 374 g/mol. The van der Waals surface area contributed by atoms with Gasteiger partial charge < -0.3 is 4.74 Å². The highest BCUT2D eigenvalue weighted by atomic mass is 16.5. The predicted molar refractivity (Wildman–Crippen MR) is 110 cm³/mol. The fraction of sp³-hybridized carbons (Fsp3) is 0.348. The van der Waals surface area contributed by atoms with Crippen LogP contribution in [0.2, 0.25) is 0 Å². The lowest BCUT2D eigenvalue weighted by Gasteiger charge is -2.24. The van der Waals surface area contributed by atoms with Crippen molar-refractivity contribution in [3.63, 3.8) is 0 Å². The van der Waals surface area contributed by atoms with E-state index in [1.54, 1.807) is 0 Å². The molecule has 0 radical (unpaired) electrons. The van der Waals surface area contributed by atoms with Crippen molar-refractivity contribution in [3.05, 3.63) is 77.9 Å². The van der Waals surface area contributed by atoms with Crippen molar-refractivity contribution in [2.75, 3.05) is 13.2 Å². The maximum atomic E-state index is 5.85. The fourth-order valence-electron chi connectivity index (χ4n) is 3.53. The van der Waals surface area contributed by atoms with Crippen molar-refractivity contribution >= 4 is 0 Å². The van der Waals surface area contributed by atoms with Gasteiger partial charge in [-0.1, -0.05) is 35.9 Å². The van der Waals surface area contributed by atoms with E-state index < -0.39 is 0 Å². The zero-order chi connectivity index (χ0) is 19.2. The number of rotatable bonds is 7. The SMILES string of the molecule is Cc1ccc(-c2ncc(CN(Cc3ccccn3)C[C@H]3CCCO3)cn2)cc1. The summed E-state index contributed by atoms with van der Waals surface area (Å²) >= 11 is 0. The zero-order valence-electron chi connectivity index (χ0n) is 16.3. The molecule has 1 fully saturated rings. The quantitative estimate of drug-likeness (QED) is 0.625. The van der Waals surface area contributed by atoms with Gasteiger partial charge in [0.2, 0.25) is 0 Å². The van der Waals surface area contributed by atoms with Crippen molar-refractivity contribution in [2.24, 2.45) is 0 Å². The summed E-state index contributed by atoms with van der Waals surface area (Å²) in [6.45, 7) is 5.43. The van der Waals surface area contributed by atoms with Gasteiger partial charge in [0.15, 0.2) is 5.82 Å². The van der Waals surface area contributed by atoms with Crippen LogP contribution < -0.4 is 0 Å². The standard InChI is InChI=1S/C23H26N4O/c1-18-7-9-20(10-8-18)23-25-13-19(14-26-23)15-27(17-22-6-4-12-28-22)16-21-5-2-3-11-24-21/h2-3,5,7-11,13-14,22H,4,6,12,15-17H2,1H3/t22-/m1/s1.